The zero-order chi connectivity index (χ0) is 10.7. The largest absolute Gasteiger partial charge is 0.507 e. The molecule has 1 aromatic carbocycles. The van der Waals surface area contributed by atoms with Crippen LogP contribution in [-0.2, 0) is 4.74 Å². The van der Waals surface area contributed by atoms with E-state index in [9.17, 15) is 9.90 Å². The van der Waals surface area contributed by atoms with Gasteiger partial charge in [-0.15, -0.1) is 0 Å². The van der Waals surface area contributed by atoms with E-state index in [2.05, 4.69) is 4.74 Å². The first-order valence-corrected chi connectivity index (χ1v) is 4.15. The summed E-state index contributed by atoms with van der Waals surface area (Å²) in [5.74, 6) is -0.603. The number of methoxy groups -OCH3 is 1. The monoisotopic (exact) mass is 195 g/mol. The molecule has 0 amide bonds. The number of carbonyl (C=O) groups is 1. The summed E-state index contributed by atoms with van der Waals surface area (Å²) in [7, 11) is 4.99. The Balaban J connectivity index is 3.15. The molecule has 0 saturated heterocycles. The Morgan fingerprint density at radius 2 is 2.07 bits per heavy atom. The first kappa shape index (κ1) is 10.4. The van der Waals surface area contributed by atoms with Gasteiger partial charge in [0.2, 0.25) is 0 Å². The predicted octanol–water partition coefficient (Wildman–Crippen LogP) is 1.24. The van der Waals surface area contributed by atoms with Gasteiger partial charge in [0.05, 0.1) is 7.11 Å². The van der Waals surface area contributed by atoms with E-state index in [-0.39, 0.29) is 11.3 Å². The number of phenols is 1. The quantitative estimate of drug-likeness (QED) is 0.721. The first-order chi connectivity index (χ1) is 6.56. The van der Waals surface area contributed by atoms with E-state index in [0.717, 1.165) is 5.69 Å². The maximum Gasteiger partial charge on any atom is 0.341 e. The third-order valence-electron chi connectivity index (χ3n) is 1.90. The van der Waals surface area contributed by atoms with Crippen molar-refractivity contribution in [1.29, 1.82) is 0 Å². The van der Waals surface area contributed by atoms with Gasteiger partial charge in [-0.05, 0) is 18.2 Å². The van der Waals surface area contributed by atoms with Gasteiger partial charge in [0.25, 0.3) is 0 Å². The van der Waals surface area contributed by atoms with Crippen LogP contribution in [0, 0.1) is 0 Å². The maximum atomic E-state index is 11.2. The Morgan fingerprint density at radius 3 is 2.57 bits per heavy atom. The van der Waals surface area contributed by atoms with E-state index >= 15 is 0 Å². The van der Waals surface area contributed by atoms with Gasteiger partial charge in [-0.3, -0.25) is 0 Å². The molecule has 0 fully saturated rings. The normalized spacial score (nSPS) is 9.64. The zero-order valence-corrected chi connectivity index (χ0v) is 8.44. The Kier molecular flexibility index (Phi) is 2.96. The van der Waals surface area contributed by atoms with Gasteiger partial charge in [-0.25, -0.2) is 4.79 Å². The highest BCUT2D eigenvalue weighted by Gasteiger charge is 2.12. The maximum absolute atomic E-state index is 11.2. The van der Waals surface area contributed by atoms with Gasteiger partial charge in [0.15, 0.2) is 0 Å². The van der Waals surface area contributed by atoms with Crippen LogP contribution in [0.4, 0.5) is 5.69 Å². The SMILES string of the molecule is COC(=O)c1cc(N(C)C)ccc1O. The highest BCUT2D eigenvalue weighted by atomic mass is 16.5. The van der Waals surface area contributed by atoms with Crippen LogP contribution in [0.5, 0.6) is 5.75 Å². The Labute approximate surface area is 82.7 Å². The van der Waals surface area contributed by atoms with E-state index in [0.29, 0.717) is 0 Å². The van der Waals surface area contributed by atoms with Gasteiger partial charge >= 0.3 is 5.97 Å². The molecule has 1 N–H and O–H groups in total. The van der Waals surface area contributed by atoms with Crippen molar-refractivity contribution in [2.24, 2.45) is 0 Å². The molecule has 4 heteroatoms. The predicted molar refractivity (Wildman–Crippen MR) is 53.8 cm³/mol. The summed E-state index contributed by atoms with van der Waals surface area (Å²) in [6, 6.07) is 4.78. The van der Waals surface area contributed by atoms with Gasteiger partial charge < -0.3 is 14.7 Å². The molecule has 1 aromatic rings. The number of nitrogens with zero attached hydrogens (tertiary/aromatic N) is 1. The lowest BCUT2D eigenvalue weighted by molar-refractivity contribution is 0.0597. The molecule has 0 heterocycles. The third kappa shape index (κ3) is 1.96. The topological polar surface area (TPSA) is 49.8 Å². The lowest BCUT2D eigenvalue weighted by Crippen LogP contribution is -2.10. The molecular weight excluding hydrogens is 182 g/mol. The molecule has 14 heavy (non-hydrogen) atoms. The van der Waals surface area contributed by atoms with Crippen LogP contribution in [0.15, 0.2) is 18.2 Å². The van der Waals surface area contributed by atoms with Crippen molar-refractivity contribution in [3.8, 4) is 5.75 Å². The Bertz CT molecular complexity index is 347. The van der Waals surface area contributed by atoms with Gasteiger partial charge in [-0.1, -0.05) is 0 Å². The minimum Gasteiger partial charge on any atom is -0.507 e. The summed E-state index contributed by atoms with van der Waals surface area (Å²) in [5.41, 5.74) is 1.02. The Hall–Kier alpha value is -1.71. The number of benzene rings is 1. The minimum absolute atomic E-state index is 0.0672. The molecule has 0 bridgehead atoms. The molecular formula is C10H13NO3. The molecule has 0 unspecified atom stereocenters. The number of phenolic OH excluding ortho intramolecular Hbond substituents is 1. The van der Waals surface area contributed by atoms with E-state index in [1.165, 1.54) is 13.2 Å². The van der Waals surface area contributed by atoms with Crippen LogP contribution in [-0.4, -0.2) is 32.3 Å². The third-order valence-corrected chi connectivity index (χ3v) is 1.90. The number of ether oxygens (including phenoxy) is 1. The first-order valence-electron chi connectivity index (χ1n) is 4.15. The molecule has 0 aliphatic heterocycles. The summed E-state index contributed by atoms with van der Waals surface area (Å²) in [6.07, 6.45) is 0. The molecule has 1 rings (SSSR count). The molecule has 0 aliphatic rings. The summed E-state index contributed by atoms with van der Waals surface area (Å²) in [4.78, 5) is 13.0. The molecule has 0 aromatic heterocycles. The molecule has 0 aliphatic carbocycles. The standard InChI is InChI=1S/C10H13NO3/c1-11(2)7-4-5-9(12)8(6-7)10(13)14-3/h4-6,12H,1-3H3. The highest BCUT2D eigenvalue weighted by Crippen LogP contribution is 2.23. The van der Waals surface area contributed by atoms with Crippen LogP contribution < -0.4 is 4.90 Å². The lowest BCUT2D eigenvalue weighted by Gasteiger charge is -2.13. The minimum atomic E-state index is -0.536. The number of esters is 1. The molecule has 0 atom stereocenters. The van der Waals surface area contributed by atoms with Gasteiger partial charge in [0, 0.05) is 19.8 Å². The van der Waals surface area contributed by atoms with E-state index in [1.807, 2.05) is 19.0 Å². The molecule has 4 nitrogen and oxygen atoms in total. The van der Waals surface area contributed by atoms with E-state index in [4.69, 9.17) is 0 Å². The summed E-state index contributed by atoms with van der Waals surface area (Å²) in [6.45, 7) is 0. The van der Waals surface area contributed by atoms with Crippen molar-refractivity contribution < 1.29 is 14.6 Å². The second kappa shape index (κ2) is 4.00. The van der Waals surface area contributed by atoms with Crippen molar-refractivity contribution in [1.82, 2.24) is 0 Å². The van der Waals surface area contributed by atoms with Gasteiger partial charge in [0.1, 0.15) is 11.3 Å². The number of hydrogen-bond acceptors (Lipinski definition) is 4. The van der Waals surface area contributed by atoms with Crippen LogP contribution >= 0.6 is 0 Å². The van der Waals surface area contributed by atoms with E-state index in [1.54, 1.807) is 12.1 Å². The average molecular weight is 195 g/mol. The van der Waals surface area contributed by atoms with Crippen molar-refractivity contribution in [3.63, 3.8) is 0 Å². The molecule has 76 valence electrons. The molecule has 0 radical (unpaired) electrons. The fourth-order valence-corrected chi connectivity index (χ4v) is 1.08. The molecule has 0 saturated carbocycles. The van der Waals surface area contributed by atoms with Crippen LogP contribution in [0.1, 0.15) is 10.4 Å². The smallest absolute Gasteiger partial charge is 0.341 e. The number of hydrogen-bond donors (Lipinski definition) is 1. The van der Waals surface area contributed by atoms with Crippen LogP contribution in [0.25, 0.3) is 0 Å². The zero-order valence-electron chi connectivity index (χ0n) is 8.44. The van der Waals surface area contributed by atoms with Crippen molar-refractivity contribution >= 4 is 11.7 Å². The fraction of sp³-hybridized carbons (Fsp3) is 0.300. The Morgan fingerprint density at radius 1 is 1.43 bits per heavy atom. The van der Waals surface area contributed by atoms with Crippen molar-refractivity contribution in [2.45, 2.75) is 0 Å². The molecule has 0 spiro atoms. The van der Waals surface area contributed by atoms with Crippen molar-refractivity contribution in [3.05, 3.63) is 23.8 Å². The van der Waals surface area contributed by atoms with Crippen LogP contribution in [0.2, 0.25) is 0 Å². The van der Waals surface area contributed by atoms with Crippen LogP contribution in [0.3, 0.4) is 0 Å². The summed E-state index contributed by atoms with van der Waals surface area (Å²) in [5, 5.41) is 9.40. The number of aromatic hydroxyl groups is 1. The summed E-state index contributed by atoms with van der Waals surface area (Å²) < 4.78 is 4.53. The average Bonchev–Trinajstić information content (AvgIpc) is 2.17. The number of carbonyl (C=O) groups excluding carboxylic acids is 1. The summed E-state index contributed by atoms with van der Waals surface area (Å²) >= 11 is 0. The second-order valence-corrected chi connectivity index (χ2v) is 3.09. The number of rotatable bonds is 2. The highest BCUT2D eigenvalue weighted by molar-refractivity contribution is 5.93. The number of anilines is 1. The van der Waals surface area contributed by atoms with Gasteiger partial charge in [-0.2, -0.15) is 0 Å². The second-order valence-electron chi connectivity index (χ2n) is 3.09. The lowest BCUT2D eigenvalue weighted by atomic mass is 10.1. The van der Waals surface area contributed by atoms with Crippen molar-refractivity contribution in [2.75, 3.05) is 26.1 Å². The fourth-order valence-electron chi connectivity index (χ4n) is 1.08. The van der Waals surface area contributed by atoms with E-state index < -0.39 is 5.97 Å².